The first kappa shape index (κ1) is 12.7. The summed E-state index contributed by atoms with van der Waals surface area (Å²) in [6, 6.07) is 9.33. The normalized spacial score (nSPS) is 15.5. The molecule has 0 unspecified atom stereocenters. The van der Waals surface area contributed by atoms with Crippen LogP contribution in [0.1, 0.15) is 38.8 Å². The van der Waals surface area contributed by atoms with Crippen LogP contribution in [0, 0.1) is 5.92 Å². The topological polar surface area (TPSA) is 29.9 Å². The number of nitrogens with one attached hydrogen (secondary N) is 1. The third-order valence-corrected chi connectivity index (χ3v) is 3.79. The Kier molecular flexibility index (Phi) is 3.56. The molecular weight excluding hydrogens is 234 g/mol. The minimum atomic E-state index is 0.719. The molecule has 2 aromatic rings. The number of fused-ring (bicyclic) bond motifs is 1. The average Bonchev–Trinajstić information content (AvgIpc) is 3.16. The third kappa shape index (κ3) is 2.98. The third-order valence-electron chi connectivity index (χ3n) is 3.79. The molecule has 1 saturated carbocycles. The van der Waals surface area contributed by atoms with Crippen LogP contribution in [-0.4, -0.2) is 15.8 Å². The molecule has 1 heterocycles. The van der Waals surface area contributed by atoms with Gasteiger partial charge in [-0.05, 0) is 31.2 Å². The van der Waals surface area contributed by atoms with Gasteiger partial charge in [0.15, 0.2) is 0 Å². The number of para-hydroxylation sites is 1. The number of hydrogen-bond donors (Lipinski definition) is 1. The van der Waals surface area contributed by atoms with Crippen LogP contribution < -0.4 is 5.32 Å². The van der Waals surface area contributed by atoms with Gasteiger partial charge in [0.1, 0.15) is 0 Å². The Morgan fingerprint density at radius 3 is 2.84 bits per heavy atom. The number of benzene rings is 1. The molecule has 0 aliphatic heterocycles. The highest BCUT2D eigenvalue weighted by Crippen LogP contribution is 2.22. The molecule has 1 aliphatic rings. The maximum Gasteiger partial charge on any atom is 0.0841 e. The molecule has 19 heavy (non-hydrogen) atoms. The largest absolute Gasteiger partial charge is 0.308 e. The molecule has 0 atom stereocenters. The van der Waals surface area contributed by atoms with Gasteiger partial charge >= 0.3 is 0 Å². The van der Waals surface area contributed by atoms with E-state index in [-0.39, 0.29) is 0 Å². The van der Waals surface area contributed by atoms with Gasteiger partial charge in [-0.15, -0.1) is 0 Å². The minimum Gasteiger partial charge on any atom is -0.308 e. The molecule has 0 radical (unpaired) electrons. The van der Waals surface area contributed by atoms with E-state index in [0.717, 1.165) is 25.0 Å². The number of nitrogens with zero attached hydrogens (tertiary/aromatic N) is 2. The summed E-state index contributed by atoms with van der Waals surface area (Å²) in [6.45, 7) is 6.45. The van der Waals surface area contributed by atoms with Crippen molar-refractivity contribution in [3.05, 3.63) is 30.0 Å². The second-order valence-corrected chi connectivity index (χ2v) is 6.02. The zero-order chi connectivity index (χ0) is 13.2. The molecule has 3 rings (SSSR count). The summed E-state index contributed by atoms with van der Waals surface area (Å²) in [5.74, 6) is 0.719. The SMILES string of the molecule is CC(C)CCn1nc(CNC2CC2)c2ccccc21. The summed E-state index contributed by atoms with van der Waals surface area (Å²) >= 11 is 0. The van der Waals surface area contributed by atoms with E-state index in [1.165, 1.54) is 35.9 Å². The standard InChI is InChI=1S/C16H23N3/c1-12(2)9-10-19-16-6-4-3-5-14(16)15(18-19)11-17-13-7-8-13/h3-6,12-13,17H,7-11H2,1-2H3. The molecule has 3 nitrogen and oxygen atoms in total. The Hall–Kier alpha value is -1.35. The monoisotopic (exact) mass is 257 g/mol. The van der Waals surface area contributed by atoms with Crippen LogP contribution in [-0.2, 0) is 13.1 Å². The fourth-order valence-corrected chi connectivity index (χ4v) is 2.41. The lowest BCUT2D eigenvalue weighted by molar-refractivity contribution is 0.491. The Labute approximate surface area is 115 Å². The van der Waals surface area contributed by atoms with Crippen molar-refractivity contribution in [2.75, 3.05) is 0 Å². The van der Waals surface area contributed by atoms with Crippen LogP contribution in [0.25, 0.3) is 10.9 Å². The summed E-state index contributed by atoms with van der Waals surface area (Å²) in [7, 11) is 0. The van der Waals surface area contributed by atoms with Crippen LogP contribution in [0.5, 0.6) is 0 Å². The Balaban J connectivity index is 1.83. The molecule has 1 N–H and O–H groups in total. The molecule has 0 saturated heterocycles. The van der Waals surface area contributed by atoms with Crippen molar-refractivity contribution in [3.63, 3.8) is 0 Å². The van der Waals surface area contributed by atoms with Gasteiger partial charge in [-0.1, -0.05) is 32.0 Å². The molecule has 102 valence electrons. The highest BCUT2D eigenvalue weighted by Gasteiger charge is 2.21. The molecule has 0 spiro atoms. The zero-order valence-corrected chi connectivity index (χ0v) is 11.9. The van der Waals surface area contributed by atoms with Crippen molar-refractivity contribution < 1.29 is 0 Å². The summed E-state index contributed by atoms with van der Waals surface area (Å²) < 4.78 is 2.18. The van der Waals surface area contributed by atoms with Gasteiger partial charge in [0.05, 0.1) is 11.2 Å². The maximum absolute atomic E-state index is 4.82. The molecular formula is C16H23N3. The maximum atomic E-state index is 4.82. The minimum absolute atomic E-state index is 0.719. The quantitative estimate of drug-likeness (QED) is 0.860. The molecule has 1 aliphatic carbocycles. The molecule has 3 heteroatoms. The van der Waals surface area contributed by atoms with E-state index in [9.17, 15) is 0 Å². The first-order valence-electron chi connectivity index (χ1n) is 7.42. The van der Waals surface area contributed by atoms with Crippen LogP contribution in [0.3, 0.4) is 0 Å². The number of hydrogen-bond acceptors (Lipinski definition) is 2. The van der Waals surface area contributed by atoms with E-state index >= 15 is 0 Å². The van der Waals surface area contributed by atoms with Crippen LogP contribution in [0.2, 0.25) is 0 Å². The first-order chi connectivity index (χ1) is 9.24. The molecule has 0 amide bonds. The van der Waals surface area contributed by atoms with Gasteiger partial charge in [-0.3, -0.25) is 4.68 Å². The predicted molar refractivity (Wildman–Crippen MR) is 79.0 cm³/mol. The second kappa shape index (κ2) is 5.33. The molecule has 0 bridgehead atoms. The number of rotatable bonds is 6. The van der Waals surface area contributed by atoms with E-state index in [4.69, 9.17) is 5.10 Å². The lowest BCUT2D eigenvalue weighted by Gasteiger charge is -2.05. The Bertz CT molecular complexity index is 512. The van der Waals surface area contributed by atoms with Crippen molar-refractivity contribution in [2.24, 2.45) is 5.92 Å². The second-order valence-electron chi connectivity index (χ2n) is 6.02. The van der Waals surface area contributed by atoms with Gasteiger partial charge < -0.3 is 5.32 Å². The van der Waals surface area contributed by atoms with E-state index < -0.39 is 0 Å². The smallest absolute Gasteiger partial charge is 0.0841 e. The van der Waals surface area contributed by atoms with E-state index in [1.54, 1.807) is 0 Å². The number of aryl methyl sites for hydroxylation is 1. The first-order valence-corrected chi connectivity index (χ1v) is 7.42. The van der Waals surface area contributed by atoms with Crippen molar-refractivity contribution in [1.29, 1.82) is 0 Å². The van der Waals surface area contributed by atoms with Crippen molar-refractivity contribution >= 4 is 10.9 Å². The fraction of sp³-hybridized carbons (Fsp3) is 0.562. The molecule has 1 aromatic carbocycles. The van der Waals surface area contributed by atoms with Crippen molar-refractivity contribution in [3.8, 4) is 0 Å². The molecule has 1 fully saturated rings. The Morgan fingerprint density at radius 1 is 1.32 bits per heavy atom. The van der Waals surface area contributed by atoms with E-state index in [1.807, 2.05) is 0 Å². The average molecular weight is 257 g/mol. The van der Waals surface area contributed by atoms with Crippen LogP contribution in [0.4, 0.5) is 0 Å². The van der Waals surface area contributed by atoms with Gasteiger partial charge in [0, 0.05) is 24.5 Å². The highest BCUT2D eigenvalue weighted by atomic mass is 15.3. The summed E-state index contributed by atoms with van der Waals surface area (Å²) in [5.41, 5.74) is 2.47. The van der Waals surface area contributed by atoms with Gasteiger partial charge in [0.2, 0.25) is 0 Å². The van der Waals surface area contributed by atoms with Crippen molar-refractivity contribution in [1.82, 2.24) is 15.1 Å². The molecule has 1 aromatic heterocycles. The lowest BCUT2D eigenvalue weighted by atomic mass is 10.1. The van der Waals surface area contributed by atoms with Crippen LogP contribution >= 0.6 is 0 Å². The van der Waals surface area contributed by atoms with Gasteiger partial charge in [-0.25, -0.2) is 0 Å². The summed E-state index contributed by atoms with van der Waals surface area (Å²) in [6.07, 6.45) is 3.83. The Morgan fingerprint density at radius 2 is 2.11 bits per heavy atom. The highest BCUT2D eigenvalue weighted by molar-refractivity contribution is 5.81. The van der Waals surface area contributed by atoms with Crippen molar-refractivity contribution in [2.45, 2.75) is 52.2 Å². The fourth-order valence-electron chi connectivity index (χ4n) is 2.41. The van der Waals surface area contributed by atoms with Gasteiger partial charge in [-0.2, -0.15) is 5.10 Å². The van der Waals surface area contributed by atoms with Gasteiger partial charge in [0.25, 0.3) is 0 Å². The van der Waals surface area contributed by atoms with E-state index in [2.05, 4.69) is 48.1 Å². The predicted octanol–water partition coefficient (Wildman–Crippen LogP) is 3.33. The summed E-state index contributed by atoms with van der Waals surface area (Å²) in [4.78, 5) is 0. The van der Waals surface area contributed by atoms with E-state index in [0.29, 0.717) is 0 Å². The summed E-state index contributed by atoms with van der Waals surface area (Å²) in [5, 5.41) is 9.69. The van der Waals surface area contributed by atoms with Crippen LogP contribution in [0.15, 0.2) is 24.3 Å². The number of aromatic nitrogens is 2. The zero-order valence-electron chi connectivity index (χ0n) is 11.9. The lowest BCUT2D eigenvalue weighted by Crippen LogP contribution is -2.16.